The second-order valence-electron chi connectivity index (χ2n) is 8.00. The van der Waals surface area contributed by atoms with Gasteiger partial charge in [0.05, 0.1) is 6.61 Å². The van der Waals surface area contributed by atoms with Gasteiger partial charge in [0.2, 0.25) is 0 Å². The highest BCUT2D eigenvalue weighted by Crippen LogP contribution is 2.27. The van der Waals surface area contributed by atoms with Crippen LogP contribution in [0.1, 0.15) is 52.4 Å². The molecule has 0 N–H and O–H groups in total. The molecule has 3 aliphatic rings. The van der Waals surface area contributed by atoms with E-state index in [0.29, 0.717) is 36.6 Å². The first-order valence-corrected chi connectivity index (χ1v) is 10.1. The predicted octanol–water partition coefficient (Wildman–Crippen LogP) is 1.12. The quantitative estimate of drug-likeness (QED) is 0.781. The molecule has 0 bridgehead atoms. The SMILES string of the molecule is Cc1noc(C2CN(C3CN(C(=O)c4nn5c(c4C)CCCC5)C3)CCO2)n1. The lowest BCUT2D eigenvalue weighted by Gasteiger charge is -2.47. The van der Waals surface area contributed by atoms with E-state index in [9.17, 15) is 4.79 Å². The fraction of sp³-hybridized carbons (Fsp3) is 0.684. The average Bonchev–Trinajstić information content (AvgIpc) is 3.25. The molecule has 2 aromatic heterocycles. The molecule has 28 heavy (non-hydrogen) atoms. The van der Waals surface area contributed by atoms with E-state index in [-0.39, 0.29) is 12.0 Å². The Kier molecular flexibility index (Phi) is 4.43. The summed E-state index contributed by atoms with van der Waals surface area (Å²) >= 11 is 0. The molecular formula is C19H26N6O3. The van der Waals surface area contributed by atoms with Gasteiger partial charge in [-0.25, -0.2) is 0 Å². The number of likely N-dealkylation sites (tertiary alicyclic amines) is 1. The smallest absolute Gasteiger partial charge is 0.274 e. The number of aryl methyl sites for hydroxylation is 2. The van der Waals surface area contributed by atoms with Crippen LogP contribution in [-0.4, -0.2) is 74.5 Å². The van der Waals surface area contributed by atoms with Crippen LogP contribution in [0.2, 0.25) is 0 Å². The lowest BCUT2D eigenvalue weighted by molar-refractivity contribution is -0.0782. The van der Waals surface area contributed by atoms with Crippen molar-refractivity contribution in [3.8, 4) is 0 Å². The first kappa shape index (κ1) is 17.8. The third-order valence-electron chi connectivity index (χ3n) is 6.14. The molecule has 5 heterocycles. The van der Waals surface area contributed by atoms with Gasteiger partial charge in [0.1, 0.15) is 6.10 Å². The van der Waals surface area contributed by atoms with E-state index in [1.807, 2.05) is 16.5 Å². The average molecular weight is 386 g/mol. The molecule has 9 heteroatoms. The number of aromatic nitrogens is 4. The summed E-state index contributed by atoms with van der Waals surface area (Å²) in [7, 11) is 0. The maximum Gasteiger partial charge on any atom is 0.274 e. The van der Waals surface area contributed by atoms with Crippen LogP contribution in [0.5, 0.6) is 0 Å². The normalized spacial score (nSPS) is 23.5. The van der Waals surface area contributed by atoms with Crippen molar-refractivity contribution in [2.75, 3.05) is 32.8 Å². The second-order valence-corrected chi connectivity index (χ2v) is 8.00. The van der Waals surface area contributed by atoms with Crippen molar-refractivity contribution in [2.24, 2.45) is 0 Å². The van der Waals surface area contributed by atoms with Crippen molar-refractivity contribution in [2.45, 2.75) is 51.8 Å². The van der Waals surface area contributed by atoms with Crippen molar-refractivity contribution in [3.63, 3.8) is 0 Å². The second kappa shape index (κ2) is 6.97. The summed E-state index contributed by atoms with van der Waals surface area (Å²) in [6, 6.07) is 0.344. The fourth-order valence-electron chi connectivity index (χ4n) is 4.44. The number of hydrogen-bond acceptors (Lipinski definition) is 7. The van der Waals surface area contributed by atoms with Gasteiger partial charge in [0.15, 0.2) is 11.5 Å². The highest BCUT2D eigenvalue weighted by atomic mass is 16.5. The lowest BCUT2D eigenvalue weighted by Crippen LogP contribution is -2.63. The molecule has 2 fully saturated rings. The van der Waals surface area contributed by atoms with Gasteiger partial charge in [0.25, 0.3) is 11.8 Å². The summed E-state index contributed by atoms with van der Waals surface area (Å²) in [4.78, 5) is 21.5. The number of amides is 1. The van der Waals surface area contributed by atoms with E-state index >= 15 is 0 Å². The number of nitrogens with zero attached hydrogens (tertiary/aromatic N) is 6. The molecule has 2 saturated heterocycles. The molecular weight excluding hydrogens is 360 g/mol. The summed E-state index contributed by atoms with van der Waals surface area (Å²) in [5, 5.41) is 8.46. The Balaban J connectivity index is 1.21. The number of fused-ring (bicyclic) bond motifs is 1. The van der Waals surface area contributed by atoms with E-state index in [1.165, 1.54) is 12.1 Å². The van der Waals surface area contributed by atoms with Crippen LogP contribution < -0.4 is 0 Å². The summed E-state index contributed by atoms with van der Waals surface area (Å²) in [5.41, 5.74) is 2.93. The Hall–Kier alpha value is -2.26. The monoisotopic (exact) mass is 386 g/mol. The standard InChI is InChI=1S/C19H26N6O3/c1-12-15-5-3-4-6-25(15)21-17(12)19(26)24-9-14(10-24)23-7-8-27-16(11-23)18-20-13(2)22-28-18/h14,16H,3-11H2,1-2H3. The van der Waals surface area contributed by atoms with Crippen LogP contribution >= 0.6 is 0 Å². The van der Waals surface area contributed by atoms with Gasteiger partial charge in [-0.3, -0.25) is 14.4 Å². The summed E-state index contributed by atoms with van der Waals surface area (Å²) < 4.78 is 13.1. The zero-order valence-electron chi connectivity index (χ0n) is 16.4. The van der Waals surface area contributed by atoms with Gasteiger partial charge in [-0.15, -0.1) is 0 Å². The van der Waals surface area contributed by atoms with Crippen LogP contribution in [0.25, 0.3) is 0 Å². The van der Waals surface area contributed by atoms with E-state index in [2.05, 4.69) is 20.1 Å². The number of carbonyl (C=O) groups excluding carboxylic acids is 1. The van der Waals surface area contributed by atoms with Gasteiger partial charge >= 0.3 is 0 Å². The molecule has 1 atom stereocenters. The van der Waals surface area contributed by atoms with Crippen molar-refractivity contribution < 1.29 is 14.1 Å². The molecule has 0 aliphatic carbocycles. The Labute approximate surface area is 163 Å². The Bertz CT molecular complexity index is 884. The highest BCUT2D eigenvalue weighted by Gasteiger charge is 2.40. The maximum atomic E-state index is 13.0. The summed E-state index contributed by atoms with van der Waals surface area (Å²) in [6.07, 6.45) is 3.16. The van der Waals surface area contributed by atoms with Crippen LogP contribution in [0, 0.1) is 13.8 Å². The molecule has 9 nitrogen and oxygen atoms in total. The lowest BCUT2D eigenvalue weighted by atomic mass is 10.0. The van der Waals surface area contributed by atoms with Crippen LogP contribution in [0.3, 0.4) is 0 Å². The fourth-order valence-corrected chi connectivity index (χ4v) is 4.44. The Morgan fingerprint density at radius 3 is 2.75 bits per heavy atom. The minimum absolute atomic E-state index is 0.0629. The van der Waals surface area contributed by atoms with Gasteiger partial charge in [-0.2, -0.15) is 10.1 Å². The number of hydrogen-bond donors (Lipinski definition) is 0. The van der Waals surface area contributed by atoms with Crippen LogP contribution in [0.15, 0.2) is 4.52 Å². The minimum atomic E-state index is -0.193. The molecule has 1 amide bonds. The predicted molar refractivity (Wildman–Crippen MR) is 98.9 cm³/mol. The summed E-state index contributed by atoms with van der Waals surface area (Å²) in [6.45, 7) is 8.43. The molecule has 150 valence electrons. The molecule has 2 aromatic rings. The minimum Gasteiger partial charge on any atom is -0.366 e. The first-order chi connectivity index (χ1) is 13.6. The molecule has 0 radical (unpaired) electrons. The Morgan fingerprint density at radius 1 is 1.14 bits per heavy atom. The van der Waals surface area contributed by atoms with E-state index in [4.69, 9.17) is 9.26 Å². The number of ether oxygens (including phenoxy) is 1. The zero-order chi connectivity index (χ0) is 19.3. The molecule has 0 saturated carbocycles. The van der Waals surface area contributed by atoms with E-state index < -0.39 is 0 Å². The first-order valence-electron chi connectivity index (χ1n) is 10.1. The highest BCUT2D eigenvalue weighted by molar-refractivity contribution is 5.94. The van der Waals surface area contributed by atoms with Crippen molar-refractivity contribution in [1.29, 1.82) is 0 Å². The van der Waals surface area contributed by atoms with Crippen molar-refractivity contribution in [3.05, 3.63) is 28.7 Å². The van der Waals surface area contributed by atoms with Gasteiger partial charge in [0, 0.05) is 50.0 Å². The van der Waals surface area contributed by atoms with Crippen LogP contribution in [-0.2, 0) is 17.7 Å². The summed E-state index contributed by atoms with van der Waals surface area (Å²) in [5.74, 6) is 1.22. The van der Waals surface area contributed by atoms with E-state index in [0.717, 1.165) is 44.6 Å². The van der Waals surface area contributed by atoms with Crippen molar-refractivity contribution in [1.82, 2.24) is 29.7 Å². The third-order valence-corrected chi connectivity index (χ3v) is 6.14. The Morgan fingerprint density at radius 2 is 2.00 bits per heavy atom. The molecule has 3 aliphatic heterocycles. The molecule has 0 spiro atoms. The van der Waals surface area contributed by atoms with Crippen LogP contribution in [0.4, 0.5) is 0 Å². The molecule has 1 unspecified atom stereocenters. The van der Waals surface area contributed by atoms with Gasteiger partial charge in [-0.05, 0) is 33.1 Å². The largest absolute Gasteiger partial charge is 0.366 e. The number of carbonyl (C=O) groups is 1. The molecule has 5 rings (SSSR count). The van der Waals surface area contributed by atoms with Gasteiger partial charge < -0.3 is 14.2 Å². The van der Waals surface area contributed by atoms with E-state index in [1.54, 1.807) is 6.92 Å². The third kappa shape index (κ3) is 3.02. The van der Waals surface area contributed by atoms with Gasteiger partial charge in [-0.1, -0.05) is 5.16 Å². The maximum absolute atomic E-state index is 13.0. The molecule has 0 aromatic carbocycles. The van der Waals surface area contributed by atoms with Crippen molar-refractivity contribution >= 4 is 5.91 Å². The number of rotatable bonds is 3. The zero-order valence-corrected chi connectivity index (χ0v) is 16.4. The number of morpholine rings is 1. The topological polar surface area (TPSA) is 89.5 Å².